The van der Waals surface area contributed by atoms with E-state index >= 15 is 0 Å². The summed E-state index contributed by atoms with van der Waals surface area (Å²) in [4.78, 5) is 37.0. The number of alkyl halides is 3. The molecule has 2 aromatic carbocycles. The molecule has 1 atom stereocenters. The van der Waals surface area contributed by atoms with Crippen molar-refractivity contribution in [3.8, 4) is 0 Å². The Morgan fingerprint density at radius 3 is 2.25 bits per heavy atom. The Morgan fingerprint density at radius 1 is 1.07 bits per heavy atom. The summed E-state index contributed by atoms with van der Waals surface area (Å²) in [5.41, 5.74) is -4.68. The summed E-state index contributed by atoms with van der Waals surface area (Å²) in [5.74, 6) is -4.27. The van der Waals surface area contributed by atoms with Gasteiger partial charge in [0.05, 0.1) is 5.69 Å². The van der Waals surface area contributed by atoms with Crippen LogP contribution in [0.5, 0.6) is 0 Å². The first-order valence-corrected chi connectivity index (χ1v) is 8.00. The lowest BCUT2D eigenvalue weighted by molar-refractivity contribution is -0.197. The highest BCUT2D eigenvalue weighted by molar-refractivity contribution is 6.30. The molecule has 0 bridgehead atoms. The fourth-order valence-electron chi connectivity index (χ4n) is 2.57. The topological polar surface area (TPSA) is 78.5 Å². The van der Waals surface area contributed by atoms with Crippen molar-refractivity contribution in [2.75, 3.05) is 4.90 Å². The number of amides is 4. The molecule has 11 heteroatoms. The molecule has 0 radical (unpaired) electrons. The maximum Gasteiger partial charge on any atom is 0.440 e. The molecule has 0 aromatic heterocycles. The highest BCUT2D eigenvalue weighted by Gasteiger charge is 2.69. The van der Waals surface area contributed by atoms with Gasteiger partial charge in [-0.05, 0) is 36.4 Å². The normalized spacial score (nSPS) is 19.5. The zero-order chi connectivity index (χ0) is 20.7. The van der Waals surface area contributed by atoms with Crippen LogP contribution in [0.25, 0.3) is 0 Å². The summed E-state index contributed by atoms with van der Waals surface area (Å²) in [7, 11) is 0. The van der Waals surface area contributed by atoms with Gasteiger partial charge in [0.25, 0.3) is 17.5 Å². The Morgan fingerprint density at radius 2 is 1.68 bits per heavy atom. The Hall–Kier alpha value is -3.14. The average molecular weight is 416 g/mol. The Labute approximate surface area is 160 Å². The second kappa shape index (κ2) is 6.79. The van der Waals surface area contributed by atoms with E-state index in [2.05, 4.69) is 0 Å². The number of hydrogen-bond donors (Lipinski definition) is 2. The van der Waals surface area contributed by atoms with Gasteiger partial charge in [0.2, 0.25) is 0 Å². The Balaban J connectivity index is 2.02. The number of anilines is 1. The molecule has 4 amide bonds. The van der Waals surface area contributed by atoms with Gasteiger partial charge in [-0.3, -0.25) is 14.9 Å². The van der Waals surface area contributed by atoms with Crippen LogP contribution in [-0.2, 0) is 4.79 Å². The fourth-order valence-corrected chi connectivity index (χ4v) is 2.70. The van der Waals surface area contributed by atoms with Gasteiger partial charge in [-0.1, -0.05) is 23.7 Å². The molecule has 1 aliphatic heterocycles. The molecule has 1 unspecified atom stereocenters. The molecule has 1 aliphatic rings. The molecule has 28 heavy (non-hydrogen) atoms. The lowest BCUT2D eigenvalue weighted by atomic mass is 10.1. The Kier molecular flexibility index (Phi) is 4.76. The number of nitrogens with one attached hydrogen (secondary N) is 2. The van der Waals surface area contributed by atoms with Crippen molar-refractivity contribution < 1.29 is 31.9 Å². The number of para-hydroxylation sites is 1. The quantitative estimate of drug-likeness (QED) is 0.597. The van der Waals surface area contributed by atoms with E-state index in [0.717, 1.165) is 24.3 Å². The van der Waals surface area contributed by atoms with Crippen LogP contribution in [-0.4, -0.2) is 29.7 Å². The van der Waals surface area contributed by atoms with Crippen LogP contribution in [0, 0.1) is 5.82 Å². The van der Waals surface area contributed by atoms with Crippen molar-refractivity contribution in [3.05, 3.63) is 64.9 Å². The maximum atomic E-state index is 13.9. The summed E-state index contributed by atoms with van der Waals surface area (Å²) in [6.07, 6.45) is -5.41. The zero-order valence-electron chi connectivity index (χ0n) is 13.7. The number of imide groups is 1. The number of urea groups is 1. The largest absolute Gasteiger partial charge is 0.440 e. The molecular weight excluding hydrogens is 406 g/mol. The van der Waals surface area contributed by atoms with Crippen molar-refractivity contribution in [1.82, 2.24) is 10.6 Å². The minimum Gasteiger partial charge on any atom is -0.314 e. The summed E-state index contributed by atoms with van der Waals surface area (Å²) in [5, 5.41) is 3.18. The zero-order valence-corrected chi connectivity index (χ0v) is 14.4. The number of carbonyl (C=O) groups excluding carboxylic acids is 3. The second-order valence-electron chi connectivity index (χ2n) is 5.73. The van der Waals surface area contributed by atoms with E-state index in [1.807, 2.05) is 0 Å². The van der Waals surface area contributed by atoms with Crippen molar-refractivity contribution in [1.29, 1.82) is 0 Å². The highest BCUT2D eigenvalue weighted by atomic mass is 35.5. The van der Waals surface area contributed by atoms with Crippen molar-refractivity contribution in [3.63, 3.8) is 0 Å². The van der Waals surface area contributed by atoms with E-state index in [0.29, 0.717) is 0 Å². The van der Waals surface area contributed by atoms with E-state index in [-0.39, 0.29) is 15.5 Å². The van der Waals surface area contributed by atoms with E-state index in [4.69, 9.17) is 11.6 Å². The van der Waals surface area contributed by atoms with Crippen LogP contribution >= 0.6 is 11.6 Å². The van der Waals surface area contributed by atoms with Crippen LogP contribution in [0.1, 0.15) is 10.4 Å². The van der Waals surface area contributed by atoms with Gasteiger partial charge in [-0.25, -0.2) is 14.1 Å². The van der Waals surface area contributed by atoms with Crippen molar-refractivity contribution in [2.24, 2.45) is 0 Å². The first-order valence-electron chi connectivity index (χ1n) is 7.63. The predicted molar refractivity (Wildman–Crippen MR) is 90.1 cm³/mol. The fraction of sp³-hybridized carbons (Fsp3) is 0.118. The van der Waals surface area contributed by atoms with Gasteiger partial charge in [0.15, 0.2) is 0 Å². The minimum absolute atomic E-state index is 0.00896. The van der Waals surface area contributed by atoms with Crippen LogP contribution in [0.3, 0.4) is 0 Å². The summed E-state index contributed by atoms with van der Waals surface area (Å²) >= 11 is 5.67. The van der Waals surface area contributed by atoms with Gasteiger partial charge in [0, 0.05) is 10.6 Å². The van der Waals surface area contributed by atoms with E-state index < -0.39 is 41.2 Å². The molecule has 1 saturated heterocycles. The smallest absolute Gasteiger partial charge is 0.314 e. The van der Waals surface area contributed by atoms with Gasteiger partial charge < -0.3 is 5.32 Å². The van der Waals surface area contributed by atoms with E-state index in [1.165, 1.54) is 34.9 Å². The van der Waals surface area contributed by atoms with Crippen LogP contribution in [0.4, 0.5) is 28.0 Å². The summed E-state index contributed by atoms with van der Waals surface area (Å²) in [6, 6.07) is 7.55. The molecule has 146 valence electrons. The average Bonchev–Trinajstić information content (AvgIpc) is 2.87. The molecule has 6 nitrogen and oxygen atoms in total. The van der Waals surface area contributed by atoms with Crippen LogP contribution in [0.2, 0.25) is 5.02 Å². The van der Waals surface area contributed by atoms with Gasteiger partial charge in [-0.2, -0.15) is 13.2 Å². The SMILES string of the molecule is O=C(NC1(C(F)(F)F)NC(=O)N(c2ccccc2F)C1=O)c1ccc(Cl)cc1. The van der Waals surface area contributed by atoms with Gasteiger partial charge in [-0.15, -0.1) is 0 Å². The number of rotatable bonds is 3. The molecule has 1 fully saturated rings. The lowest BCUT2D eigenvalue weighted by Crippen LogP contribution is -2.69. The summed E-state index contributed by atoms with van der Waals surface area (Å²) < 4.78 is 55.3. The van der Waals surface area contributed by atoms with E-state index in [9.17, 15) is 31.9 Å². The van der Waals surface area contributed by atoms with Crippen molar-refractivity contribution >= 4 is 35.1 Å². The molecular formula is C17H10ClF4N3O3. The monoisotopic (exact) mass is 415 g/mol. The van der Waals surface area contributed by atoms with Crippen molar-refractivity contribution in [2.45, 2.75) is 11.8 Å². The van der Waals surface area contributed by atoms with Gasteiger partial charge >= 0.3 is 12.2 Å². The third-order valence-electron chi connectivity index (χ3n) is 3.95. The number of carbonyl (C=O) groups is 3. The molecule has 0 aliphatic carbocycles. The van der Waals surface area contributed by atoms with Crippen LogP contribution < -0.4 is 15.5 Å². The molecule has 0 saturated carbocycles. The number of hydrogen-bond acceptors (Lipinski definition) is 3. The van der Waals surface area contributed by atoms with Gasteiger partial charge in [0.1, 0.15) is 5.82 Å². The second-order valence-corrected chi connectivity index (χ2v) is 6.17. The van der Waals surface area contributed by atoms with Crippen LogP contribution in [0.15, 0.2) is 48.5 Å². The lowest BCUT2D eigenvalue weighted by Gasteiger charge is -2.29. The Bertz CT molecular complexity index is 965. The summed E-state index contributed by atoms with van der Waals surface area (Å²) in [6.45, 7) is 0. The maximum absolute atomic E-state index is 13.9. The third kappa shape index (κ3) is 3.15. The third-order valence-corrected chi connectivity index (χ3v) is 4.20. The first kappa shape index (κ1) is 19.6. The number of benzene rings is 2. The molecule has 2 N–H and O–H groups in total. The van der Waals surface area contributed by atoms with E-state index in [1.54, 1.807) is 0 Å². The first-order chi connectivity index (χ1) is 13.1. The molecule has 2 aromatic rings. The molecule has 1 heterocycles. The predicted octanol–water partition coefficient (Wildman–Crippen LogP) is 3.22. The standard InChI is InChI=1S/C17H10ClF4N3O3/c18-10-7-5-9(6-8-10)13(26)23-16(17(20,21)22)14(27)25(15(28)24-16)12-4-2-1-3-11(12)19/h1-8H,(H,23,26)(H,24,28). The molecule has 3 rings (SSSR count). The highest BCUT2D eigenvalue weighted by Crippen LogP contribution is 2.36. The number of nitrogens with zero attached hydrogens (tertiary/aromatic N) is 1. The number of halogens is 5. The molecule has 0 spiro atoms. The minimum atomic E-state index is -5.41.